The molecule has 9 heteroatoms. The van der Waals surface area contributed by atoms with Crippen molar-refractivity contribution < 1.29 is 22.7 Å². The van der Waals surface area contributed by atoms with Crippen LogP contribution in [0.1, 0.15) is 59.8 Å². The van der Waals surface area contributed by atoms with Crippen LogP contribution in [0, 0.1) is 0 Å². The first kappa shape index (κ1) is 20.8. The Kier molecular flexibility index (Phi) is 5.27. The Morgan fingerprint density at radius 2 is 1.84 bits per heavy atom. The zero-order valence-corrected chi connectivity index (χ0v) is 17.4. The van der Waals surface area contributed by atoms with Gasteiger partial charge >= 0.3 is 6.18 Å². The molecule has 2 aliphatic rings. The van der Waals surface area contributed by atoms with Gasteiger partial charge in [0.2, 0.25) is 0 Å². The molecule has 2 fully saturated rings. The van der Waals surface area contributed by atoms with Gasteiger partial charge in [0.1, 0.15) is 11.6 Å². The summed E-state index contributed by atoms with van der Waals surface area (Å²) in [5.41, 5.74) is 0.123. The molecule has 1 amide bonds. The molecule has 3 aromatic rings. The molecule has 1 saturated carbocycles. The largest absolute Gasteiger partial charge is 0.490 e. The van der Waals surface area contributed by atoms with Gasteiger partial charge in [-0.1, -0.05) is 12.1 Å². The van der Waals surface area contributed by atoms with E-state index in [0.717, 1.165) is 44.4 Å². The van der Waals surface area contributed by atoms with Crippen molar-refractivity contribution in [2.45, 2.75) is 50.3 Å². The van der Waals surface area contributed by atoms with Crippen molar-refractivity contribution in [1.82, 2.24) is 19.5 Å². The summed E-state index contributed by atoms with van der Waals surface area (Å²) in [7, 11) is 0. The number of nitrogens with zero attached hydrogens (tertiary/aromatic N) is 4. The van der Waals surface area contributed by atoms with Gasteiger partial charge < -0.3 is 9.64 Å². The lowest BCUT2D eigenvalue weighted by atomic mass is 9.95. The van der Waals surface area contributed by atoms with E-state index in [4.69, 9.17) is 4.74 Å². The maximum atomic E-state index is 13.3. The highest BCUT2D eigenvalue weighted by atomic mass is 19.4. The number of ether oxygens (including phenoxy) is 1. The summed E-state index contributed by atoms with van der Waals surface area (Å²) in [5, 5.41) is 8.20. The zero-order chi connectivity index (χ0) is 22.3. The number of aromatic nitrogens is 3. The lowest BCUT2D eigenvalue weighted by Crippen LogP contribution is -2.40. The van der Waals surface area contributed by atoms with Crippen molar-refractivity contribution in [1.29, 1.82) is 0 Å². The van der Waals surface area contributed by atoms with Crippen LogP contribution in [0.2, 0.25) is 0 Å². The first-order chi connectivity index (χ1) is 15.4. The normalized spacial score (nSPS) is 19.7. The minimum Gasteiger partial charge on any atom is -0.490 e. The van der Waals surface area contributed by atoms with Crippen LogP contribution >= 0.6 is 0 Å². The second-order valence-corrected chi connectivity index (χ2v) is 8.46. The second kappa shape index (κ2) is 8.11. The van der Waals surface area contributed by atoms with Crippen LogP contribution in [-0.4, -0.2) is 44.6 Å². The molecule has 6 nitrogen and oxygen atoms in total. The van der Waals surface area contributed by atoms with Crippen molar-refractivity contribution in [2.24, 2.45) is 0 Å². The molecule has 0 spiro atoms. The second-order valence-electron chi connectivity index (χ2n) is 8.46. The number of fused-ring (bicyclic) bond motifs is 1. The lowest BCUT2D eigenvalue weighted by molar-refractivity contribution is -0.137. The number of carbonyl (C=O) groups excluding carboxylic acids is 1. The molecule has 2 aromatic heterocycles. The Hall–Kier alpha value is -3.10. The lowest BCUT2D eigenvalue weighted by Gasteiger charge is -2.33. The summed E-state index contributed by atoms with van der Waals surface area (Å²) in [6.07, 6.45) is 1.32. The zero-order valence-electron chi connectivity index (χ0n) is 17.4. The Labute approximate surface area is 183 Å². The fraction of sp³-hybridized carbons (Fsp3) is 0.435. The molecular weight excluding hydrogens is 421 g/mol. The summed E-state index contributed by atoms with van der Waals surface area (Å²) in [6, 6.07) is 9.57. The molecule has 1 aliphatic carbocycles. The minimum absolute atomic E-state index is 0.130. The van der Waals surface area contributed by atoms with Gasteiger partial charge in [-0.25, -0.2) is 0 Å². The molecular formula is C23H23F3N4O2. The van der Waals surface area contributed by atoms with E-state index in [1.165, 1.54) is 10.5 Å². The Bertz CT molecular complexity index is 1140. The van der Waals surface area contributed by atoms with E-state index in [1.807, 2.05) is 18.2 Å². The van der Waals surface area contributed by atoms with Gasteiger partial charge in [-0.05, 0) is 56.4 Å². The molecule has 0 N–H and O–H groups in total. The standard InChI is InChI=1S/C23H23F3N4O2/c24-23(25,26)16-10-11-20-27-28-21(30(20)14-16)15-5-4-12-29(13-15)22(31)18-8-1-2-9-19(18)32-17-6-3-7-17/h1-2,8-11,14-15,17H,3-7,12-13H2. The van der Waals surface area contributed by atoms with Crippen LogP contribution in [0.5, 0.6) is 5.75 Å². The van der Waals surface area contributed by atoms with E-state index in [1.54, 1.807) is 11.0 Å². The molecule has 0 radical (unpaired) electrons. The predicted octanol–water partition coefficient (Wildman–Crippen LogP) is 4.70. The smallest absolute Gasteiger partial charge is 0.417 e. The van der Waals surface area contributed by atoms with Crippen LogP contribution < -0.4 is 4.74 Å². The number of carbonyl (C=O) groups is 1. The number of para-hydroxylation sites is 1. The first-order valence-electron chi connectivity index (χ1n) is 10.9. The van der Waals surface area contributed by atoms with E-state index < -0.39 is 11.7 Å². The fourth-order valence-corrected chi connectivity index (χ4v) is 4.31. The third kappa shape index (κ3) is 3.91. The number of piperidine rings is 1. The third-order valence-electron chi connectivity index (χ3n) is 6.29. The highest BCUT2D eigenvalue weighted by molar-refractivity contribution is 5.97. The molecule has 1 atom stereocenters. The van der Waals surface area contributed by atoms with Crippen molar-refractivity contribution in [3.05, 3.63) is 59.5 Å². The summed E-state index contributed by atoms with van der Waals surface area (Å²) < 4.78 is 47.0. The fourth-order valence-electron chi connectivity index (χ4n) is 4.31. The molecule has 1 unspecified atom stereocenters. The molecule has 1 saturated heterocycles. The van der Waals surface area contributed by atoms with Gasteiger partial charge in [0, 0.05) is 25.2 Å². The average molecular weight is 444 g/mol. The van der Waals surface area contributed by atoms with Crippen LogP contribution in [0.15, 0.2) is 42.6 Å². The van der Waals surface area contributed by atoms with E-state index in [0.29, 0.717) is 35.9 Å². The van der Waals surface area contributed by atoms with Gasteiger partial charge in [0.15, 0.2) is 5.65 Å². The monoisotopic (exact) mass is 444 g/mol. The van der Waals surface area contributed by atoms with Crippen LogP contribution in [0.3, 0.4) is 0 Å². The SMILES string of the molecule is O=C(c1ccccc1OC1CCC1)N1CCCC(c2nnc3ccc(C(F)(F)F)cn23)C1. The van der Waals surface area contributed by atoms with Crippen molar-refractivity contribution in [3.63, 3.8) is 0 Å². The molecule has 1 aliphatic heterocycles. The highest BCUT2D eigenvalue weighted by Crippen LogP contribution is 2.33. The molecule has 168 valence electrons. The van der Waals surface area contributed by atoms with Gasteiger partial charge in [-0.3, -0.25) is 9.20 Å². The predicted molar refractivity (Wildman–Crippen MR) is 111 cm³/mol. The molecule has 5 rings (SSSR count). The number of likely N-dealkylation sites (tertiary alicyclic amines) is 1. The molecule has 3 heterocycles. The molecule has 0 bridgehead atoms. The van der Waals surface area contributed by atoms with Gasteiger partial charge in [-0.2, -0.15) is 13.2 Å². The molecule has 1 aromatic carbocycles. The number of amides is 1. The van der Waals surface area contributed by atoms with Crippen LogP contribution in [0.25, 0.3) is 5.65 Å². The summed E-state index contributed by atoms with van der Waals surface area (Å²) in [6.45, 7) is 0.950. The average Bonchev–Trinajstić information content (AvgIpc) is 3.19. The minimum atomic E-state index is -4.45. The number of benzene rings is 1. The summed E-state index contributed by atoms with van der Waals surface area (Å²) in [5.74, 6) is 0.704. The number of hydrogen-bond acceptors (Lipinski definition) is 4. The van der Waals surface area contributed by atoms with Gasteiger partial charge in [-0.15, -0.1) is 10.2 Å². The third-order valence-corrected chi connectivity index (χ3v) is 6.29. The number of hydrogen-bond donors (Lipinski definition) is 0. The number of rotatable bonds is 4. The van der Waals surface area contributed by atoms with E-state index >= 15 is 0 Å². The van der Waals surface area contributed by atoms with Crippen molar-refractivity contribution in [3.8, 4) is 5.75 Å². The van der Waals surface area contributed by atoms with Gasteiger partial charge in [0.25, 0.3) is 5.91 Å². The Balaban J connectivity index is 1.39. The van der Waals surface area contributed by atoms with Crippen molar-refractivity contribution in [2.75, 3.05) is 13.1 Å². The van der Waals surface area contributed by atoms with Crippen LogP contribution in [-0.2, 0) is 6.18 Å². The Morgan fingerprint density at radius 1 is 1.03 bits per heavy atom. The maximum absolute atomic E-state index is 13.3. The Morgan fingerprint density at radius 3 is 2.59 bits per heavy atom. The first-order valence-corrected chi connectivity index (χ1v) is 10.9. The molecule has 32 heavy (non-hydrogen) atoms. The van der Waals surface area contributed by atoms with Gasteiger partial charge in [0.05, 0.1) is 17.2 Å². The van der Waals surface area contributed by atoms with Crippen molar-refractivity contribution >= 4 is 11.6 Å². The topological polar surface area (TPSA) is 59.7 Å². The summed E-state index contributed by atoms with van der Waals surface area (Å²) in [4.78, 5) is 15.1. The quantitative estimate of drug-likeness (QED) is 0.585. The number of alkyl halides is 3. The van der Waals surface area contributed by atoms with E-state index in [9.17, 15) is 18.0 Å². The van der Waals surface area contributed by atoms with E-state index in [-0.39, 0.29) is 17.9 Å². The van der Waals surface area contributed by atoms with Crippen LogP contribution in [0.4, 0.5) is 13.2 Å². The summed E-state index contributed by atoms with van der Waals surface area (Å²) >= 11 is 0. The number of halogens is 3. The highest BCUT2D eigenvalue weighted by Gasteiger charge is 2.33. The number of pyridine rings is 1. The maximum Gasteiger partial charge on any atom is 0.417 e. The van der Waals surface area contributed by atoms with E-state index in [2.05, 4.69) is 10.2 Å².